The molecule has 0 spiro atoms. The first-order valence-corrected chi connectivity index (χ1v) is 6.69. The molecular weight excluding hydrogens is 244 g/mol. The zero-order chi connectivity index (χ0) is 13.0. The van der Waals surface area contributed by atoms with Gasteiger partial charge in [0.25, 0.3) is 0 Å². The summed E-state index contributed by atoms with van der Waals surface area (Å²) in [4.78, 5) is 6.61. The lowest BCUT2D eigenvalue weighted by molar-refractivity contribution is 0.305. The number of rotatable bonds is 3. The van der Waals surface area contributed by atoms with Gasteiger partial charge in [0.05, 0.1) is 30.1 Å². The molecule has 0 radical (unpaired) electrons. The molecule has 0 saturated heterocycles. The Bertz CT molecular complexity index is 586. The average Bonchev–Trinajstić information content (AvgIpc) is 2.92. The first kappa shape index (κ1) is 12.9. The Balaban J connectivity index is 2.07. The van der Waals surface area contributed by atoms with Crippen LogP contribution in [0.3, 0.4) is 0 Å². The fourth-order valence-electron chi connectivity index (χ4n) is 1.61. The summed E-state index contributed by atoms with van der Waals surface area (Å²) in [6, 6.07) is 4.13. The lowest BCUT2D eigenvalue weighted by Crippen LogP contribution is -1.98. The molecule has 0 aliphatic rings. The van der Waals surface area contributed by atoms with Crippen LogP contribution in [0.2, 0.25) is 0 Å². The van der Waals surface area contributed by atoms with Gasteiger partial charge in [-0.3, -0.25) is 0 Å². The van der Waals surface area contributed by atoms with E-state index in [0.29, 0.717) is 6.42 Å². The van der Waals surface area contributed by atoms with Crippen molar-refractivity contribution in [1.82, 2.24) is 9.55 Å². The smallest absolute Gasteiger partial charge is 0.0954 e. The molecule has 18 heavy (non-hydrogen) atoms. The van der Waals surface area contributed by atoms with E-state index in [1.165, 1.54) is 10.6 Å². The van der Waals surface area contributed by atoms with Crippen LogP contribution >= 0.6 is 11.3 Å². The minimum atomic E-state index is 0.124. The Morgan fingerprint density at radius 3 is 2.89 bits per heavy atom. The van der Waals surface area contributed by atoms with Gasteiger partial charge in [0.2, 0.25) is 0 Å². The van der Waals surface area contributed by atoms with Crippen molar-refractivity contribution < 1.29 is 5.11 Å². The van der Waals surface area contributed by atoms with Crippen LogP contribution in [0.5, 0.6) is 0 Å². The monoisotopic (exact) mass is 260 g/mol. The van der Waals surface area contributed by atoms with E-state index in [-0.39, 0.29) is 6.61 Å². The van der Waals surface area contributed by atoms with Crippen LogP contribution in [0, 0.1) is 25.7 Å². The van der Waals surface area contributed by atoms with E-state index in [9.17, 15) is 0 Å². The third-order valence-corrected chi connectivity index (χ3v) is 3.77. The van der Waals surface area contributed by atoms with E-state index in [0.717, 1.165) is 17.1 Å². The number of aryl methyl sites for hydroxylation is 1. The van der Waals surface area contributed by atoms with E-state index in [4.69, 9.17) is 5.11 Å². The van der Waals surface area contributed by atoms with Crippen LogP contribution in [0.15, 0.2) is 18.5 Å². The van der Waals surface area contributed by atoms with Crippen molar-refractivity contribution in [2.24, 2.45) is 0 Å². The molecule has 0 atom stereocenters. The molecule has 4 heteroatoms. The molecule has 0 aliphatic heterocycles. The van der Waals surface area contributed by atoms with E-state index in [2.05, 4.69) is 34.4 Å². The van der Waals surface area contributed by atoms with Gasteiger partial charge in [-0.2, -0.15) is 0 Å². The fraction of sp³-hybridized carbons (Fsp3) is 0.357. The molecule has 1 N–H and O–H groups in total. The summed E-state index contributed by atoms with van der Waals surface area (Å²) in [6.45, 7) is 5.07. The Hall–Kier alpha value is -1.57. The van der Waals surface area contributed by atoms with Crippen molar-refractivity contribution in [3.63, 3.8) is 0 Å². The van der Waals surface area contributed by atoms with Crippen molar-refractivity contribution in [3.05, 3.63) is 39.6 Å². The van der Waals surface area contributed by atoms with E-state index in [1.807, 2.05) is 19.3 Å². The van der Waals surface area contributed by atoms with Crippen molar-refractivity contribution in [1.29, 1.82) is 0 Å². The molecule has 0 unspecified atom stereocenters. The van der Waals surface area contributed by atoms with Gasteiger partial charge in [0.1, 0.15) is 0 Å². The summed E-state index contributed by atoms with van der Waals surface area (Å²) >= 11 is 1.69. The Morgan fingerprint density at radius 2 is 2.22 bits per heavy atom. The molecule has 0 amide bonds. The topological polar surface area (TPSA) is 38.0 Å². The number of aromatic nitrogens is 2. The maximum absolute atomic E-state index is 8.67. The van der Waals surface area contributed by atoms with Crippen molar-refractivity contribution in [3.8, 4) is 11.8 Å². The normalized spacial score (nSPS) is 10.2. The predicted octanol–water partition coefficient (Wildman–Crippen LogP) is 2.34. The standard InChI is InChI=1S/C14H16N2OS/c1-11-12(2)16(10-15-11)9-14-7-6-13(18-14)5-3-4-8-17/h6-7,10,17H,4,8-9H2,1-2H3. The summed E-state index contributed by atoms with van der Waals surface area (Å²) in [6.07, 6.45) is 2.41. The van der Waals surface area contributed by atoms with E-state index >= 15 is 0 Å². The zero-order valence-electron chi connectivity index (χ0n) is 10.6. The highest BCUT2D eigenvalue weighted by Gasteiger charge is 2.04. The van der Waals surface area contributed by atoms with Crippen LogP contribution in [0.1, 0.15) is 27.6 Å². The molecule has 0 saturated carbocycles. The Morgan fingerprint density at radius 1 is 1.39 bits per heavy atom. The average molecular weight is 260 g/mol. The summed E-state index contributed by atoms with van der Waals surface area (Å²) in [5.41, 5.74) is 2.28. The molecule has 2 rings (SSSR count). The number of nitrogens with zero attached hydrogens (tertiary/aromatic N) is 2. The quantitative estimate of drug-likeness (QED) is 0.860. The second-order valence-electron chi connectivity index (χ2n) is 4.08. The minimum absolute atomic E-state index is 0.124. The van der Waals surface area contributed by atoms with Crippen LogP contribution in [0.25, 0.3) is 0 Å². The van der Waals surface area contributed by atoms with Crippen LogP contribution < -0.4 is 0 Å². The number of hydrogen-bond acceptors (Lipinski definition) is 3. The molecule has 0 aromatic carbocycles. The molecule has 0 bridgehead atoms. The maximum atomic E-state index is 8.67. The molecule has 0 aliphatic carbocycles. The third kappa shape index (κ3) is 3.00. The van der Waals surface area contributed by atoms with E-state index in [1.54, 1.807) is 11.3 Å². The summed E-state index contributed by atoms with van der Waals surface area (Å²) in [5, 5.41) is 8.67. The maximum Gasteiger partial charge on any atom is 0.0954 e. The molecular formula is C14H16N2OS. The van der Waals surface area contributed by atoms with Gasteiger partial charge < -0.3 is 9.67 Å². The van der Waals surface area contributed by atoms with Gasteiger partial charge in [-0.1, -0.05) is 11.8 Å². The Labute approximate surface area is 111 Å². The molecule has 2 aromatic rings. The van der Waals surface area contributed by atoms with Crippen LogP contribution in [-0.4, -0.2) is 21.3 Å². The van der Waals surface area contributed by atoms with Gasteiger partial charge >= 0.3 is 0 Å². The summed E-state index contributed by atoms with van der Waals surface area (Å²) < 4.78 is 2.14. The van der Waals surface area contributed by atoms with Crippen molar-refractivity contribution in [2.45, 2.75) is 26.8 Å². The number of hydrogen-bond donors (Lipinski definition) is 1. The SMILES string of the molecule is Cc1ncn(Cc2ccc(C#CCCO)s2)c1C. The minimum Gasteiger partial charge on any atom is -0.395 e. The number of aliphatic hydroxyl groups excluding tert-OH is 1. The second kappa shape index (κ2) is 5.85. The highest BCUT2D eigenvalue weighted by atomic mass is 32.1. The van der Waals surface area contributed by atoms with Gasteiger partial charge in [-0.25, -0.2) is 4.98 Å². The molecule has 0 fully saturated rings. The van der Waals surface area contributed by atoms with Crippen molar-refractivity contribution >= 4 is 11.3 Å². The van der Waals surface area contributed by atoms with Crippen molar-refractivity contribution in [2.75, 3.05) is 6.61 Å². The third-order valence-electron chi connectivity index (χ3n) is 2.78. The number of imidazole rings is 1. The number of aliphatic hydroxyl groups is 1. The van der Waals surface area contributed by atoms with E-state index < -0.39 is 0 Å². The Kier molecular flexibility index (Phi) is 4.19. The predicted molar refractivity (Wildman–Crippen MR) is 73.7 cm³/mol. The lowest BCUT2D eigenvalue weighted by atomic mass is 10.3. The van der Waals surface area contributed by atoms with Crippen LogP contribution in [0.4, 0.5) is 0 Å². The van der Waals surface area contributed by atoms with Gasteiger partial charge in [0, 0.05) is 17.0 Å². The van der Waals surface area contributed by atoms with Crippen LogP contribution in [-0.2, 0) is 6.54 Å². The second-order valence-corrected chi connectivity index (χ2v) is 5.25. The number of thiophene rings is 1. The highest BCUT2D eigenvalue weighted by Crippen LogP contribution is 2.18. The lowest BCUT2D eigenvalue weighted by Gasteiger charge is -2.02. The molecule has 3 nitrogen and oxygen atoms in total. The molecule has 2 heterocycles. The highest BCUT2D eigenvalue weighted by molar-refractivity contribution is 7.12. The fourth-order valence-corrected chi connectivity index (χ4v) is 2.49. The van der Waals surface area contributed by atoms with Gasteiger partial charge in [-0.05, 0) is 26.0 Å². The summed E-state index contributed by atoms with van der Waals surface area (Å²) in [5.74, 6) is 5.99. The first-order chi connectivity index (χ1) is 8.70. The summed E-state index contributed by atoms with van der Waals surface area (Å²) in [7, 11) is 0. The van der Waals surface area contributed by atoms with Gasteiger partial charge in [-0.15, -0.1) is 11.3 Å². The molecule has 2 aromatic heterocycles. The zero-order valence-corrected chi connectivity index (χ0v) is 11.4. The first-order valence-electron chi connectivity index (χ1n) is 5.87. The van der Waals surface area contributed by atoms with Gasteiger partial charge in [0.15, 0.2) is 0 Å². The molecule has 94 valence electrons. The largest absolute Gasteiger partial charge is 0.395 e.